The lowest BCUT2D eigenvalue weighted by atomic mass is 10.1. The number of carbonyl (C=O) groups is 1. The number of amides is 1. The molecule has 190 valence electrons. The molecule has 0 N–H and O–H groups in total. The molecule has 6 nitrogen and oxygen atoms in total. The number of aromatic nitrogens is 2. The standard InChI is InChI=1S/C29H28ClFN4O2/c30-23-8-11-25-26(20-23)32-28(22-6-9-24(31)10-7-22)33-29(25)35(14-12-21-4-2-1-3-5-21)15-13-27(36)34-16-18-37-19-17-34/h1-11,20H,12-19H2. The van der Waals surface area contributed by atoms with Gasteiger partial charge in [0.1, 0.15) is 11.6 Å². The van der Waals surface area contributed by atoms with Gasteiger partial charge in [0.15, 0.2) is 5.82 Å². The van der Waals surface area contributed by atoms with Gasteiger partial charge in [-0.2, -0.15) is 0 Å². The molecule has 0 bridgehead atoms. The van der Waals surface area contributed by atoms with Crippen molar-refractivity contribution < 1.29 is 13.9 Å². The quantitative estimate of drug-likeness (QED) is 0.313. The van der Waals surface area contributed by atoms with E-state index in [9.17, 15) is 9.18 Å². The van der Waals surface area contributed by atoms with E-state index in [4.69, 9.17) is 26.3 Å². The molecule has 1 amide bonds. The van der Waals surface area contributed by atoms with E-state index in [-0.39, 0.29) is 11.7 Å². The van der Waals surface area contributed by atoms with Crippen LogP contribution in [-0.2, 0) is 16.0 Å². The van der Waals surface area contributed by atoms with Crippen LogP contribution in [0.15, 0.2) is 72.8 Å². The molecule has 0 spiro atoms. The van der Waals surface area contributed by atoms with Crippen LogP contribution >= 0.6 is 11.6 Å². The van der Waals surface area contributed by atoms with Gasteiger partial charge in [-0.05, 0) is 54.4 Å². The first-order valence-electron chi connectivity index (χ1n) is 12.4. The van der Waals surface area contributed by atoms with E-state index in [1.54, 1.807) is 12.1 Å². The highest BCUT2D eigenvalue weighted by atomic mass is 35.5. The van der Waals surface area contributed by atoms with Crippen molar-refractivity contribution in [3.05, 3.63) is 89.2 Å². The number of carbonyl (C=O) groups excluding carboxylic acids is 1. The van der Waals surface area contributed by atoms with Gasteiger partial charge in [0, 0.05) is 48.6 Å². The van der Waals surface area contributed by atoms with Gasteiger partial charge < -0.3 is 14.5 Å². The minimum Gasteiger partial charge on any atom is -0.378 e. The Morgan fingerprint density at radius 2 is 1.73 bits per heavy atom. The van der Waals surface area contributed by atoms with Crippen LogP contribution < -0.4 is 4.90 Å². The van der Waals surface area contributed by atoms with Gasteiger partial charge in [-0.3, -0.25) is 4.79 Å². The van der Waals surface area contributed by atoms with Gasteiger partial charge >= 0.3 is 0 Å². The predicted molar refractivity (Wildman–Crippen MR) is 144 cm³/mol. The van der Waals surface area contributed by atoms with Crippen molar-refractivity contribution in [1.82, 2.24) is 14.9 Å². The molecule has 0 aliphatic carbocycles. The Bertz CT molecular complexity index is 1360. The Hall–Kier alpha value is -3.55. The molecule has 2 heterocycles. The van der Waals surface area contributed by atoms with Crippen LogP contribution in [0.2, 0.25) is 5.02 Å². The van der Waals surface area contributed by atoms with Crippen LogP contribution in [0.5, 0.6) is 0 Å². The Balaban J connectivity index is 1.50. The lowest BCUT2D eigenvalue weighted by Crippen LogP contribution is -2.42. The number of benzene rings is 3. The highest BCUT2D eigenvalue weighted by molar-refractivity contribution is 6.31. The summed E-state index contributed by atoms with van der Waals surface area (Å²) in [7, 11) is 0. The van der Waals surface area contributed by atoms with E-state index in [1.807, 2.05) is 41.3 Å². The van der Waals surface area contributed by atoms with Gasteiger partial charge in [-0.15, -0.1) is 0 Å². The summed E-state index contributed by atoms with van der Waals surface area (Å²) >= 11 is 6.32. The maximum atomic E-state index is 13.6. The second kappa shape index (κ2) is 11.7. The molecule has 5 rings (SSSR count). The molecule has 1 saturated heterocycles. The van der Waals surface area contributed by atoms with Crippen LogP contribution in [0.4, 0.5) is 10.2 Å². The molecule has 0 unspecified atom stereocenters. The van der Waals surface area contributed by atoms with E-state index in [0.717, 1.165) is 17.6 Å². The Morgan fingerprint density at radius 3 is 2.49 bits per heavy atom. The molecule has 3 aromatic carbocycles. The topological polar surface area (TPSA) is 58.6 Å². The van der Waals surface area contributed by atoms with E-state index in [0.29, 0.717) is 67.7 Å². The van der Waals surface area contributed by atoms with Crippen molar-refractivity contribution in [3.8, 4) is 11.4 Å². The fourth-order valence-electron chi connectivity index (χ4n) is 4.49. The fraction of sp³-hybridized carbons (Fsp3) is 0.276. The first kappa shape index (κ1) is 25.1. The number of anilines is 1. The van der Waals surface area contributed by atoms with Crippen molar-refractivity contribution in [2.24, 2.45) is 0 Å². The number of nitrogens with zero attached hydrogens (tertiary/aromatic N) is 4. The van der Waals surface area contributed by atoms with Gasteiger partial charge in [-0.25, -0.2) is 14.4 Å². The van der Waals surface area contributed by atoms with Crippen LogP contribution in [0.3, 0.4) is 0 Å². The molecule has 0 atom stereocenters. The summed E-state index contributed by atoms with van der Waals surface area (Å²) in [5, 5.41) is 1.42. The molecular formula is C29H28ClFN4O2. The predicted octanol–water partition coefficient (Wildman–Crippen LogP) is 5.39. The largest absolute Gasteiger partial charge is 0.378 e. The van der Waals surface area contributed by atoms with Gasteiger partial charge in [0.2, 0.25) is 5.91 Å². The van der Waals surface area contributed by atoms with Crippen LogP contribution in [0, 0.1) is 5.82 Å². The van der Waals surface area contributed by atoms with Crippen molar-refractivity contribution in [2.75, 3.05) is 44.3 Å². The molecule has 1 aromatic heterocycles. The van der Waals surface area contributed by atoms with E-state index >= 15 is 0 Å². The average Bonchev–Trinajstić information content (AvgIpc) is 2.93. The van der Waals surface area contributed by atoms with Gasteiger partial charge in [0.05, 0.1) is 18.7 Å². The zero-order valence-corrected chi connectivity index (χ0v) is 21.2. The monoisotopic (exact) mass is 518 g/mol. The SMILES string of the molecule is O=C(CCN(CCc1ccccc1)c1nc(-c2ccc(F)cc2)nc2cc(Cl)ccc12)N1CCOCC1. The van der Waals surface area contributed by atoms with Crippen molar-refractivity contribution in [1.29, 1.82) is 0 Å². The van der Waals surface area contributed by atoms with E-state index in [2.05, 4.69) is 17.0 Å². The molecule has 1 fully saturated rings. The summed E-state index contributed by atoms with van der Waals surface area (Å²) in [5.74, 6) is 0.993. The molecule has 4 aromatic rings. The third kappa shape index (κ3) is 6.24. The summed E-state index contributed by atoms with van der Waals surface area (Å²) in [6.45, 7) is 3.54. The average molecular weight is 519 g/mol. The van der Waals surface area contributed by atoms with Gasteiger partial charge in [-0.1, -0.05) is 41.9 Å². The number of fused-ring (bicyclic) bond motifs is 1. The first-order chi connectivity index (χ1) is 18.1. The normalized spacial score (nSPS) is 13.6. The zero-order chi connectivity index (χ0) is 25.6. The minimum absolute atomic E-state index is 0.105. The maximum Gasteiger partial charge on any atom is 0.224 e. The summed E-state index contributed by atoms with van der Waals surface area (Å²) in [6, 6.07) is 21.9. The Labute approximate surface area is 220 Å². The summed E-state index contributed by atoms with van der Waals surface area (Å²) in [4.78, 5) is 26.7. The molecule has 1 aliphatic rings. The number of morpholine rings is 1. The molecule has 37 heavy (non-hydrogen) atoms. The molecule has 1 aliphatic heterocycles. The van der Waals surface area contributed by atoms with Crippen molar-refractivity contribution >= 4 is 34.2 Å². The Kier molecular flexibility index (Phi) is 7.92. The lowest BCUT2D eigenvalue weighted by molar-refractivity contribution is -0.135. The summed E-state index contributed by atoms with van der Waals surface area (Å²) < 4.78 is 19.0. The highest BCUT2D eigenvalue weighted by Crippen LogP contribution is 2.30. The lowest BCUT2D eigenvalue weighted by Gasteiger charge is -2.29. The third-order valence-electron chi connectivity index (χ3n) is 6.51. The smallest absolute Gasteiger partial charge is 0.224 e. The summed E-state index contributed by atoms with van der Waals surface area (Å²) in [6.07, 6.45) is 1.15. The minimum atomic E-state index is -0.320. The molecule has 0 radical (unpaired) electrons. The van der Waals surface area contributed by atoms with Crippen LogP contribution in [0.25, 0.3) is 22.3 Å². The second-order valence-corrected chi connectivity index (χ2v) is 9.44. The molecule has 0 saturated carbocycles. The zero-order valence-electron chi connectivity index (χ0n) is 20.4. The number of ether oxygens (including phenoxy) is 1. The van der Waals surface area contributed by atoms with Crippen LogP contribution in [-0.4, -0.2) is 60.2 Å². The van der Waals surface area contributed by atoms with E-state index in [1.165, 1.54) is 17.7 Å². The number of rotatable bonds is 8. The van der Waals surface area contributed by atoms with Gasteiger partial charge in [0.25, 0.3) is 0 Å². The number of hydrogen-bond donors (Lipinski definition) is 0. The third-order valence-corrected chi connectivity index (χ3v) is 6.75. The fourth-order valence-corrected chi connectivity index (χ4v) is 4.66. The first-order valence-corrected chi connectivity index (χ1v) is 12.8. The second-order valence-electron chi connectivity index (χ2n) is 9.00. The Morgan fingerprint density at radius 1 is 0.973 bits per heavy atom. The van der Waals surface area contributed by atoms with E-state index < -0.39 is 0 Å². The number of halogens is 2. The molecular weight excluding hydrogens is 491 g/mol. The van der Waals surface area contributed by atoms with Crippen molar-refractivity contribution in [2.45, 2.75) is 12.8 Å². The maximum absolute atomic E-state index is 13.6. The highest BCUT2D eigenvalue weighted by Gasteiger charge is 2.21. The summed E-state index contributed by atoms with van der Waals surface area (Å²) in [5.41, 5.74) is 2.60. The number of hydrogen-bond acceptors (Lipinski definition) is 5. The van der Waals surface area contributed by atoms with Crippen molar-refractivity contribution in [3.63, 3.8) is 0 Å². The van der Waals surface area contributed by atoms with Crippen LogP contribution in [0.1, 0.15) is 12.0 Å². The molecule has 8 heteroatoms.